The smallest absolute Gasteiger partial charge is 0.231 e. The molecule has 6 nitrogen and oxygen atoms in total. The number of H-pyrrole nitrogens is 1. The van der Waals surface area contributed by atoms with E-state index in [0.29, 0.717) is 18.1 Å². The van der Waals surface area contributed by atoms with Gasteiger partial charge >= 0.3 is 0 Å². The first-order valence-electron chi connectivity index (χ1n) is 14.0. The van der Waals surface area contributed by atoms with Crippen molar-refractivity contribution in [3.05, 3.63) is 88.8 Å². The standard InChI is InChI=1S/C32H32N4O2/c37-31-32(23-2-1-3-24(15-23)33-31)16-28(32)22-9-12-27-29(34-35-30(27)14-22)13-8-20-4-6-21(7-5-20)17-36-18-25-10-11-26(19-36)38-25/h1,3-9,12-15,23,25-26,28H,2,10-11,16-19H2,(H,33,37)(H,34,35)/b13-8+/t23?,25?,26?,28-,32-/m0/s1. The van der Waals surface area contributed by atoms with Crippen LogP contribution in [0.3, 0.4) is 0 Å². The molecule has 1 amide bonds. The summed E-state index contributed by atoms with van der Waals surface area (Å²) in [5, 5.41) is 12.0. The Morgan fingerprint density at radius 3 is 2.76 bits per heavy atom. The first-order chi connectivity index (χ1) is 18.6. The number of nitrogens with zero attached hydrogens (tertiary/aromatic N) is 2. The fraction of sp³-hybridized carbons (Fsp3) is 0.375. The molecule has 3 aliphatic heterocycles. The van der Waals surface area contributed by atoms with E-state index in [4.69, 9.17) is 4.74 Å². The highest BCUT2D eigenvalue weighted by molar-refractivity contribution is 5.93. The highest BCUT2D eigenvalue weighted by atomic mass is 16.5. The number of morpholine rings is 1. The lowest BCUT2D eigenvalue weighted by molar-refractivity contribution is -0.127. The lowest BCUT2D eigenvalue weighted by Gasteiger charge is -2.32. The number of hydrogen-bond acceptors (Lipinski definition) is 4. The summed E-state index contributed by atoms with van der Waals surface area (Å²) in [6.45, 7) is 3.10. The Kier molecular flexibility index (Phi) is 5.04. The molecule has 3 fully saturated rings. The highest BCUT2D eigenvalue weighted by Gasteiger charge is 2.65. The van der Waals surface area contributed by atoms with E-state index in [1.807, 2.05) is 6.08 Å². The molecule has 0 radical (unpaired) electrons. The van der Waals surface area contributed by atoms with Gasteiger partial charge in [-0.1, -0.05) is 54.6 Å². The number of nitrogens with one attached hydrogen (secondary N) is 2. The van der Waals surface area contributed by atoms with Crippen LogP contribution in [0.15, 0.2) is 66.4 Å². The summed E-state index contributed by atoms with van der Waals surface area (Å²) in [4.78, 5) is 15.5. The Labute approximate surface area is 222 Å². The predicted molar refractivity (Wildman–Crippen MR) is 148 cm³/mol. The number of benzene rings is 2. The van der Waals surface area contributed by atoms with Crippen molar-refractivity contribution in [1.29, 1.82) is 0 Å². The SMILES string of the molecule is O=C1NC2=CC(CC=C2)[C@]12C[C@H]2c1ccc2c(/C=C/c3ccc(CN4CC5CCC(C4)O5)cc3)n[nH]c2c1. The maximum absolute atomic E-state index is 13.0. The Balaban J connectivity index is 0.961. The third kappa shape index (κ3) is 3.69. The molecule has 4 heterocycles. The molecular weight excluding hydrogens is 472 g/mol. The predicted octanol–water partition coefficient (Wildman–Crippen LogP) is 5.16. The molecule has 3 unspecified atom stereocenters. The second-order valence-corrected chi connectivity index (χ2v) is 11.8. The van der Waals surface area contributed by atoms with Crippen molar-refractivity contribution >= 4 is 29.0 Å². The lowest BCUT2D eigenvalue weighted by Crippen LogP contribution is -2.42. The van der Waals surface area contributed by atoms with Crippen LogP contribution in [0.1, 0.15) is 54.0 Å². The van der Waals surface area contributed by atoms with Gasteiger partial charge in [0.2, 0.25) is 5.91 Å². The molecule has 5 atom stereocenters. The van der Waals surface area contributed by atoms with Crippen molar-refractivity contribution in [3.63, 3.8) is 0 Å². The van der Waals surface area contributed by atoms with Crippen LogP contribution < -0.4 is 5.32 Å². The summed E-state index contributed by atoms with van der Waals surface area (Å²) in [5.74, 6) is 0.743. The normalized spacial score (nSPS) is 31.8. The van der Waals surface area contributed by atoms with Crippen molar-refractivity contribution in [2.45, 2.75) is 50.4 Å². The second-order valence-electron chi connectivity index (χ2n) is 11.8. The molecule has 3 aromatic rings. The number of likely N-dealkylation sites (tertiary alicyclic amines) is 1. The Hall–Kier alpha value is -3.48. The third-order valence-corrected chi connectivity index (χ3v) is 9.37. The van der Waals surface area contributed by atoms with Crippen LogP contribution in [0.4, 0.5) is 0 Å². The summed E-state index contributed by atoms with van der Waals surface area (Å²) < 4.78 is 5.97. The summed E-state index contributed by atoms with van der Waals surface area (Å²) in [7, 11) is 0. The molecule has 2 N–H and O–H groups in total. The van der Waals surface area contributed by atoms with E-state index in [2.05, 4.69) is 87.2 Å². The molecule has 2 aromatic carbocycles. The maximum Gasteiger partial charge on any atom is 0.231 e. The maximum atomic E-state index is 13.0. The Morgan fingerprint density at radius 2 is 1.92 bits per heavy atom. The third-order valence-electron chi connectivity index (χ3n) is 9.37. The zero-order chi connectivity index (χ0) is 25.3. The van der Waals surface area contributed by atoms with Crippen LogP contribution >= 0.6 is 0 Å². The number of ether oxygens (including phenoxy) is 1. The molecule has 38 heavy (non-hydrogen) atoms. The van der Waals surface area contributed by atoms with Crippen molar-refractivity contribution in [2.75, 3.05) is 13.1 Å². The molecule has 2 aliphatic carbocycles. The van der Waals surface area contributed by atoms with Crippen LogP contribution in [0, 0.1) is 11.3 Å². The largest absolute Gasteiger partial charge is 0.372 e. The zero-order valence-corrected chi connectivity index (χ0v) is 21.4. The Bertz CT molecular complexity index is 1500. The number of aromatic amines is 1. The monoisotopic (exact) mass is 504 g/mol. The van der Waals surface area contributed by atoms with Crippen molar-refractivity contribution in [2.24, 2.45) is 11.3 Å². The minimum absolute atomic E-state index is 0.186. The number of carbonyl (C=O) groups excluding carboxylic acids is 1. The number of rotatable bonds is 5. The average Bonchev–Trinajstić information content (AvgIpc) is 3.43. The highest BCUT2D eigenvalue weighted by Crippen LogP contribution is 2.66. The molecule has 2 saturated heterocycles. The van der Waals surface area contributed by atoms with Crippen molar-refractivity contribution in [1.82, 2.24) is 20.4 Å². The number of aromatic nitrogens is 2. The van der Waals surface area contributed by atoms with Crippen LogP contribution in [0.2, 0.25) is 0 Å². The van der Waals surface area contributed by atoms with Gasteiger partial charge in [0.05, 0.1) is 28.8 Å². The number of fused-ring (bicyclic) bond motifs is 5. The van der Waals surface area contributed by atoms with E-state index in [1.165, 1.54) is 29.5 Å². The van der Waals surface area contributed by atoms with Gasteiger partial charge in [-0.05, 0) is 66.5 Å². The van der Waals surface area contributed by atoms with Gasteiger partial charge in [-0.15, -0.1) is 0 Å². The first kappa shape index (κ1) is 22.5. The van der Waals surface area contributed by atoms with Gasteiger partial charge < -0.3 is 10.1 Å². The molecule has 5 aliphatic rings. The van der Waals surface area contributed by atoms with Gasteiger partial charge in [0, 0.05) is 36.6 Å². The fourth-order valence-corrected chi connectivity index (χ4v) is 7.29. The fourth-order valence-electron chi connectivity index (χ4n) is 7.29. The van der Waals surface area contributed by atoms with E-state index < -0.39 is 0 Å². The van der Waals surface area contributed by atoms with Crippen LogP contribution in [-0.2, 0) is 16.1 Å². The zero-order valence-electron chi connectivity index (χ0n) is 21.4. The molecule has 8 rings (SSSR count). The number of hydrogen-bond donors (Lipinski definition) is 2. The summed E-state index contributed by atoms with van der Waals surface area (Å²) in [6, 6.07) is 15.4. The number of carbonyl (C=O) groups is 1. The van der Waals surface area contributed by atoms with Gasteiger partial charge in [0.15, 0.2) is 0 Å². The molecule has 1 saturated carbocycles. The summed E-state index contributed by atoms with van der Waals surface area (Å²) in [6.07, 6.45) is 15.8. The number of amides is 1. The Morgan fingerprint density at radius 1 is 1.08 bits per heavy atom. The van der Waals surface area contributed by atoms with E-state index in [-0.39, 0.29) is 17.2 Å². The molecule has 6 heteroatoms. The van der Waals surface area contributed by atoms with E-state index in [0.717, 1.165) is 54.8 Å². The molecular formula is C32H32N4O2. The second kappa shape index (κ2) is 8.52. The minimum atomic E-state index is -0.293. The number of allylic oxidation sites excluding steroid dienone is 3. The van der Waals surface area contributed by atoms with Crippen LogP contribution in [0.5, 0.6) is 0 Å². The molecule has 4 bridgehead atoms. The minimum Gasteiger partial charge on any atom is -0.372 e. The lowest BCUT2D eigenvalue weighted by atomic mass is 9.77. The van der Waals surface area contributed by atoms with Crippen molar-refractivity contribution in [3.8, 4) is 0 Å². The van der Waals surface area contributed by atoms with Gasteiger partial charge in [-0.3, -0.25) is 14.8 Å². The first-order valence-corrected chi connectivity index (χ1v) is 14.0. The van der Waals surface area contributed by atoms with Gasteiger partial charge in [-0.25, -0.2) is 0 Å². The van der Waals surface area contributed by atoms with Gasteiger partial charge in [0.1, 0.15) is 0 Å². The van der Waals surface area contributed by atoms with Crippen LogP contribution in [0.25, 0.3) is 23.1 Å². The van der Waals surface area contributed by atoms with E-state index in [1.54, 1.807) is 0 Å². The quantitative estimate of drug-likeness (QED) is 0.504. The van der Waals surface area contributed by atoms with Gasteiger partial charge in [0.25, 0.3) is 0 Å². The van der Waals surface area contributed by atoms with Crippen LogP contribution in [-0.4, -0.2) is 46.3 Å². The average molecular weight is 505 g/mol. The van der Waals surface area contributed by atoms with Crippen molar-refractivity contribution < 1.29 is 9.53 Å². The van der Waals surface area contributed by atoms with E-state index >= 15 is 0 Å². The topological polar surface area (TPSA) is 70.2 Å². The summed E-state index contributed by atoms with van der Waals surface area (Å²) >= 11 is 0. The molecule has 1 spiro atoms. The molecule has 1 aromatic heterocycles. The van der Waals surface area contributed by atoms with E-state index in [9.17, 15) is 4.79 Å². The van der Waals surface area contributed by atoms with Gasteiger partial charge in [-0.2, -0.15) is 5.10 Å². The molecule has 192 valence electrons. The summed E-state index contributed by atoms with van der Waals surface area (Å²) in [5.41, 5.74) is 6.37.